The maximum atomic E-state index is 15.1. The van der Waals surface area contributed by atoms with Crippen LogP contribution in [0.2, 0.25) is 0 Å². The largest absolute Gasteiger partial charge is 0.376 e. The Morgan fingerprint density at radius 1 is 1.26 bits per heavy atom. The number of amides is 1. The monoisotopic (exact) mass is 529 g/mol. The van der Waals surface area contributed by atoms with Crippen molar-refractivity contribution in [1.82, 2.24) is 28.9 Å². The molecule has 3 N–H and O–H groups in total. The number of carbonyl (C=O) groups excluding carboxylic acids is 1. The van der Waals surface area contributed by atoms with Crippen molar-refractivity contribution in [3.05, 3.63) is 58.7 Å². The van der Waals surface area contributed by atoms with Crippen molar-refractivity contribution in [2.75, 3.05) is 6.61 Å². The van der Waals surface area contributed by atoms with Crippen LogP contribution in [-0.2, 0) is 30.2 Å². The molecule has 2 aliphatic rings. The van der Waals surface area contributed by atoms with Crippen LogP contribution in [0.1, 0.15) is 30.9 Å². The Bertz CT molecular complexity index is 1850. The molecule has 0 saturated heterocycles. The Morgan fingerprint density at radius 2 is 2.10 bits per heavy atom. The Balaban J connectivity index is 1.60. The number of benzene rings is 1. The molecule has 1 amide bonds. The molecule has 3 atom stereocenters. The standard InChI is InChI=1S/C28H28FN7O3/c1-34-11-18(25(29)33-34)23-21-16-5-3-4-14(8-16)12-39-13-19(26(30)37)15-6-7-17(9-15)36-24-20(35(2)28(36)38)10-31-27(32-23)22(21)24/h3-5,8,10-11,15,17,19H,6-7,9,12-13H2,1-2H3,(H2,30,37)(H,31,32)/t15-,17-,19?/m1/s1. The number of primary amides is 1. The number of pyridine rings is 1. The van der Waals surface area contributed by atoms with E-state index >= 15 is 4.39 Å². The van der Waals surface area contributed by atoms with Crippen LogP contribution in [0.4, 0.5) is 4.39 Å². The van der Waals surface area contributed by atoms with Crippen LogP contribution in [0, 0.1) is 17.8 Å². The highest BCUT2D eigenvalue weighted by Gasteiger charge is 2.37. The van der Waals surface area contributed by atoms with Gasteiger partial charge in [-0.15, -0.1) is 5.10 Å². The lowest BCUT2D eigenvalue weighted by Gasteiger charge is -2.21. The molecule has 1 saturated carbocycles. The fourth-order valence-electron chi connectivity index (χ4n) is 6.60. The second kappa shape index (κ2) is 8.63. The third kappa shape index (κ3) is 3.56. The average Bonchev–Trinajstić information content (AvgIpc) is 3.66. The number of hydrogen-bond acceptors (Lipinski definition) is 5. The number of nitrogens with two attached hydrogens (primary N) is 1. The van der Waals surface area contributed by atoms with Crippen molar-refractivity contribution in [1.29, 1.82) is 0 Å². The van der Waals surface area contributed by atoms with Gasteiger partial charge in [0.05, 0.1) is 53.0 Å². The summed E-state index contributed by atoms with van der Waals surface area (Å²) in [6.45, 7) is 0.521. The molecule has 0 spiro atoms. The van der Waals surface area contributed by atoms with Crippen LogP contribution in [0.5, 0.6) is 0 Å². The minimum absolute atomic E-state index is 0.00649. The number of rotatable bonds is 2. The molecule has 1 aliphatic heterocycles. The number of aromatic nitrogens is 6. The Hall–Kier alpha value is -4.25. The SMILES string of the molecule is Cn1cc(-c2[nH]c3ncc4c5c3c2-c2cccc(c2)COCC(C(N)=O)[C@@H]2CC[C@H](C2)n5c(=O)n4C)c(F)n1. The van der Waals surface area contributed by atoms with E-state index in [0.29, 0.717) is 35.4 Å². The van der Waals surface area contributed by atoms with Gasteiger partial charge in [0.2, 0.25) is 11.9 Å². The summed E-state index contributed by atoms with van der Waals surface area (Å²) in [7, 11) is 3.41. The quantitative estimate of drug-likeness (QED) is 0.363. The number of aryl methyl sites for hydroxylation is 2. The predicted molar refractivity (Wildman–Crippen MR) is 143 cm³/mol. The van der Waals surface area contributed by atoms with E-state index in [9.17, 15) is 9.59 Å². The summed E-state index contributed by atoms with van der Waals surface area (Å²) >= 11 is 0. The van der Waals surface area contributed by atoms with Crippen molar-refractivity contribution < 1.29 is 13.9 Å². The van der Waals surface area contributed by atoms with Crippen molar-refractivity contribution in [3.63, 3.8) is 0 Å². The zero-order valence-electron chi connectivity index (χ0n) is 21.6. The zero-order chi connectivity index (χ0) is 27.0. The molecule has 11 heteroatoms. The minimum Gasteiger partial charge on any atom is -0.376 e. The van der Waals surface area contributed by atoms with Gasteiger partial charge in [-0.2, -0.15) is 4.39 Å². The Kier molecular flexibility index (Phi) is 5.28. The number of H-pyrrole nitrogens is 1. The van der Waals surface area contributed by atoms with Gasteiger partial charge in [0.1, 0.15) is 5.65 Å². The molecule has 4 aromatic heterocycles. The van der Waals surface area contributed by atoms with Crippen molar-refractivity contribution in [2.45, 2.75) is 31.9 Å². The molecule has 4 bridgehead atoms. The molecule has 1 fully saturated rings. The third-order valence-corrected chi connectivity index (χ3v) is 8.45. The minimum atomic E-state index is -0.600. The number of carbonyl (C=O) groups is 1. The topological polar surface area (TPSA) is 126 Å². The number of hydrogen-bond donors (Lipinski definition) is 2. The van der Waals surface area contributed by atoms with E-state index in [1.54, 1.807) is 31.1 Å². The summed E-state index contributed by atoms with van der Waals surface area (Å²) in [5.74, 6) is -1.41. The van der Waals surface area contributed by atoms with Gasteiger partial charge >= 0.3 is 5.69 Å². The highest BCUT2D eigenvalue weighted by atomic mass is 19.1. The normalized spacial score (nSPS) is 21.2. The first kappa shape index (κ1) is 23.8. The second-order valence-corrected chi connectivity index (χ2v) is 10.8. The summed E-state index contributed by atoms with van der Waals surface area (Å²) in [6.07, 6.45) is 5.45. The third-order valence-electron chi connectivity index (χ3n) is 8.45. The Morgan fingerprint density at radius 3 is 2.87 bits per heavy atom. The summed E-state index contributed by atoms with van der Waals surface area (Å²) in [5, 5.41) is 4.67. The smallest absolute Gasteiger partial charge is 0.329 e. The van der Waals surface area contributed by atoms with Gasteiger partial charge in [-0.3, -0.25) is 18.6 Å². The molecule has 1 aliphatic carbocycles. The van der Waals surface area contributed by atoms with Crippen LogP contribution in [0.3, 0.4) is 0 Å². The summed E-state index contributed by atoms with van der Waals surface area (Å²) in [5.41, 5.74) is 11.0. The molecular weight excluding hydrogens is 501 g/mol. The number of nitrogens with one attached hydrogen (secondary N) is 1. The van der Waals surface area contributed by atoms with Gasteiger partial charge in [0.25, 0.3) is 0 Å². The lowest BCUT2D eigenvalue weighted by molar-refractivity contribution is -0.126. The van der Waals surface area contributed by atoms with Crippen LogP contribution in [-0.4, -0.2) is 41.4 Å². The van der Waals surface area contributed by atoms with E-state index in [4.69, 9.17) is 10.5 Å². The maximum Gasteiger partial charge on any atom is 0.329 e. The first-order chi connectivity index (χ1) is 18.8. The van der Waals surface area contributed by atoms with Crippen molar-refractivity contribution in [2.24, 2.45) is 31.7 Å². The molecule has 5 aromatic rings. The van der Waals surface area contributed by atoms with E-state index in [-0.39, 0.29) is 30.2 Å². The lowest BCUT2D eigenvalue weighted by Crippen LogP contribution is -2.33. The van der Waals surface area contributed by atoms with Gasteiger partial charge in [-0.25, -0.2) is 9.78 Å². The summed E-state index contributed by atoms with van der Waals surface area (Å²) < 4.78 is 26.0. The second-order valence-electron chi connectivity index (χ2n) is 10.8. The molecular formula is C28H28FN7O3. The van der Waals surface area contributed by atoms with Crippen LogP contribution < -0.4 is 11.4 Å². The van der Waals surface area contributed by atoms with E-state index in [0.717, 1.165) is 40.4 Å². The molecule has 1 unspecified atom stereocenters. The van der Waals surface area contributed by atoms with Crippen LogP contribution in [0.15, 0.2) is 41.5 Å². The molecule has 0 radical (unpaired) electrons. The molecule has 10 nitrogen and oxygen atoms in total. The van der Waals surface area contributed by atoms with Gasteiger partial charge in [0.15, 0.2) is 0 Å². The summed E-state index contributed by atoms with van der Waals surface area (Å²) in [6, 6.07) is 7.69. The molecule has 1 aromatic carbocycles. The van der Waals surface area contributed by atoms with Gasteiger partial charge < -0.3 is 15.5 Å². The van der Waals surface area contributed by atoms with Crippen molar-refractivity contribution in [3.8, 4) is 22.4 Å². The van der Waals surface area contributed by atoms with Gasteiger partial charge in [0, 0.05) is 31.9 Å². The fourth-order valence-corrected chi connectivity index (χ4v) is 6.60. The van der Waals surface area contributed by atoms with Gasteiger partial charge in [-0.05, 0) is 42.4 Å². The number of ether oxygens (including phenoxy) is 1. The Labute approximate surface area is 222 Å². The number of aromatic amines is 1. The zero-order valence-corrected chi connectivity index (χ0v) is 21.6. The molecule has 39 heavy (non-hydrogen) atoms. The number of halogens is 1. The van der Waals surface area contributed by atoms with Crippen molar-refractivity contribution >= 4 is 28.0 Å². The molecule has 200 valence electrons. The highest BCUT2D eigenvalue weighted by molar-refractivity contribution is 6.14. The van der Waals surface area contributed by atoms with E-state index in [1.165, 1.54) is 4.68 Å². The van der Waals surface area contributed by atoms with E-state index < -0.39 is 11.9 Å². The molecule has 5 heterocycles. The average molecular weight is 530 g/mol. The number of nitrogens with zero attached hydrogens (tertiary/aromatic N) is 5. The predicted octanol–water partition coefficient (Wildman–Crippen LogP) is 3.40. The van der Waals surface area contributed by atoms with Crippen LogP contribution >= 0.6 is 0 Å². The lowest BCUT2D eigenvalue weighted by atomic mass is 9.90. The first-order valence-electron chi connectivity index (χ1n) is 13.1. The fraction of sp³-hybridized carbons (Fsp3) is 0.357. The summed E-state index contributed by atoms with van der Waals surface area (Å²) in [4.78, 5) is 34.2. The van der Waals surface area contributed by atoms with E-state index in [2.05, 4.69) is 15.1 Å². The molecule has 7 rings (SSSR count). The number of imidazole rings is 1. The number of fused-ring (bicyclic) bond motifs is 6. The van der Waals surface area contributed by atoms with Gasteiger partial charge in [-0.1, -0.05) is 18.2 Å². The highest BCUT2D eigenvalue weighted by Crippen LogP contribution is 2.45. The van der Waals surface area contributed by atoms with E-state index in [1.807, 2.05) is 28.8 Å². The first-order valence-corrected chi connectivity index (χ1v) is 13.1. The maximum absolute atomic E-state index is 15.1. The van der Waals surface area contributed by atoms with Crippen LogP contribution in [0.25, 0.3) is 44.5 Å².